The first-order valence-corrected chi connectivity index (χ1v) is 11.1. The van der Waals surface area contributed by atoms with Gasteiger partial charge in [0.1, 0.15) is 5.01 Å². The lowest BCUT2D eigenvalue weighted by atomic mass is 9.95. The molecule has 1 aromatic carbocycles. The predicted octanol–water partition coefficient (Wildman–Crippen LogP) is 2.95. The van der Waals surface area contributed by atoms with Gasteiger partial charge in [-0.05, 0) is 68.9 Å². The Morgan fingerprint density at radius 1 is 0.963 bits per heavy atom. The largest absolute Gasteiger partial charge is 0.300 e. The van der Waals surface area contributed by atoms with Crippen LogP contribution in [-0.2, 0) is 21.2 Å². The number of sulfonamides is 1. The third kappa shape index (κ3) is 4.72. The number of carbonyl (C=O) groups is 1. The van der Waals surface area contributed by atoms with Crippen LogP contribution in [0.25, 0.3) is 0 Å². The molecule has 0 saturated heterocycles. The minimum atomic E-state index is -3.71. The second-order valence-electron chi connectivity index (χ2n) is 6.50. The van der Waals surface area contributed by atoms with Crippen molar-refractivity contribution in [2.75, 3.05) is 11.9 Å². The molecule has 1 aromatic heterocycles. The third-order valence-electron chi connectivity index (χ3n) is 4.86. The Hall–Kier alpha value is -1.84. The molecule has 0 bridgehead atoms. The summed E-state index contributed by atoms with van der Waals surface area (Å²) in [4.78, 5) is 12.3. The number of anilines is 1. The molecule has 0 aliphatic carbocycles. The van der Waals surface area contributed by atoms with Crippen molar-refractivity contribution in [3.63, 3.8) is 0 Å². The number of nitrogens with zero attached hydrogens (tertiary/aromatic N) is 2. The van der Waals surface area contributed by atoms with Gasteiger partial charge in [0, 0.05) is 13.0 Å². The van der Waals surface area contributed by atoms with Gasteiger partial charge >= 0.3 is 0 Å². The number of carbonyl (C=O) groups excluding carboxylic acids is 1. The van der Waals surface area contributed by atoms with Crippen molar-refractivity contribution in [2.45, 2.75) is 59.3 Å². The van der Waals surface area contributed by atoms with Crippen molar-refractivity contribution in [3.8, 4) is 0 Å². The maximum absolute atomic E-state index is 12.8. The van der Waals surface area contributed by atoms with Crippen LogP contribution in [0.3, 0.4) is 0 Å². The lowest BCUT2D eigenvalue weighted by Gasteiger charge is -2.19. The Morgan fingerprint density at radius 3 is 2.04 bits per heavy atom. The maximum atomic E-state index is 12.8. The molecule has 0 radical (unpaired) electrons. The van der Waals surface area contributed by atoms with Gasteiger partial charge in [0.05, 0.1) is 4.90 Å². The first-order valence-electron chi connectivity index (χ1n) is 8.77. The van der Waals surface area contributed by atoms with Gasteiger partial charge in [-0.15, -0.1) is 10.2 Å². The number of amides is 1. The van der Waals surface area contributed by atoms with Crippen molar-refractivity contribution in [1.82, 2.24) is 14.9 Å². The fourth-order valence-corrected chi connectivity index (χ4v) is 5.19. The molecule has 0 aliphatic rings. The lowest BCUT2D eigenvalue weighted by molar-refractivity contribution is -0.116. The minimum Gasteiger partial charge on any atom is -0.300 e. The average molecular weight is 411 g/mol. The summed E-state index contributed by atoms with van der Waals surface area (Å²) in [5.41, 5.74) is 4.53. The Bertz CT molecular complexity index is 936. The second kappa shape index (κ2) is 8.45. The van der Waals surface area contributed by atoms with Gasteiger partial charge in [0.15, 0.2) is 0 Å². The highest BCUT2D eigenvalue weighted by Crippen LogP contribution is 2.29. The van der Waals surface area contributed by atoms with Crippen molar-refractivity contribution < 1.29 is 13.2 Å². The molecule has 1 heterocycles. The van der Waals surface area contributed by atoms with Crippen LogP contribution in [-0.4, -0.2) is 31.1 Å². The molecule has 0 saturated carbocycles. The predicted molar refractivity (Wildman–Crippen MR) is 108 cm³/mol. The first-order chi connectivity index (χ1) is 12.6. The standard InChI is InChI=1S/C18H26N4O3S2/c1-7-16-21-22-18(26-16)20-15(23)8-9-19-27(24,25)17-13(5)11(3)10(2)12(4)14(17)6/h19H,7-9H2,1-6H3,(H,20,22,23). The van der Waals surface area contributed by atoms with E-state index in [4.69, 9.17) is 0 Å². The van der Waals surface area contributed by atoms with Gasteiger partial charge < -0.3 is 5.32 Å². The summed E-state index contributed by atoms with van der Waals surface area (Å²) < 4.78 is 28.2. The fraction of sp³-hybridized carbons (Fsp3) is 0.500. The average Bonchev–Trinajstić information content (AvgIpc) is 3.05. The van der Waals surface area contributed by atoms with Crippen LogP contribution in [0.5, 0.6) is 0 Å². The number of benzene rings is 1. The Balaban J connectivity index is 2.06. The van der Waals surface area contributed by atoms with Gasteiger partial charge in [-0.3, -0.25) is 4.79 Å². The molecular formula is C18H26N4O3S2. The zero-order chi connectivity index (χ0) is 20.4. The number of rotatable bonds is 7. The van der Waals surface area contributed by atoms with Crippen molar-refractivity contribution in [1.29, 1.82) is 0 Å². The molecule has 2 N–H and O–H groups in total. The number of hydrogen-bond donors (Lipinski definition) is 2. The van der Waals surface area contributed by atoms with E-state index in [1.807, 2.05) is 41.5 Å². The quantitative estimate of drug-likeness (QED) is 0.731. The molecule has 0 unspecified atom stereocenters. The summed E-state index contributed by atoms with van der Waals surface area (Å²) in [6, 6.07) is 0. The molecule has 7 nitrogen and oxygen atoms in total. The monoisotopic (exact) mass is 410 g/mol. The van der Waals surface area contributed by atoms with Gasteiger partial charge in [0.25, 0.3) is 0 Å². The summed E-state index contributed by atoms with van der Waals surface area (Å²) in [5, 5.41) is 11.7. The van der Waals surface area contributed by atoms with E-state index >= 15 is 0 Å². The molecule has 0 spiro atoms. The Kier molecular flexibility index (Phi) is 6.72. The first kappa shape index (κ1) is 21.5. The maximum Gasteiger partial charge on any atom is 0.241 e. The zero-order valence-corrected chi connectivity index (χ0v) is 18.2. The van der Waals surface area contributed by atoms with Gasteiger partial charge in [-0.2, -0.15) is 0 Å². The Labute approximate surface area is 164 Å². The van der Waals surface area contributed by atoms with Crippen LogP contribution in [0.15, 0.2) is 4.90 Å². The molecule has 2 rings (SSSR count). The van der Waals surface area contributed by atoms with Crippen molar-refractivity contribution in [3.05, 3.63) is 32.8 Å². The van der Waals surface area contributed by atoms with E-state index in [0.29, 0.717) is 10.0 Å². The van der Waals surface area contributed by atoms with E-state index in [1.54, 1.807) is 0 Å². The van der Waals surface area contributed by atoms with Crippen LogP contribution >= 0.6 is 11.3 Å². The highest BCUT2D eigenvalue weighted by Gasteiger charge is 2.23. The van der Waals surface area contributed by atoms with Gasteiger partial charge in [0.2, 0.25) is 21.1 Å². The van der Waals surface area contributed by atoms with Crippen LogP contribution in [0.4, 0.5) is 5.13 Å². The smallest absolute Gasteiger partial charge is 0.241 e. The number of hydrogen-bond acceptors (Lipinski definition) is 6. The molecule has 9 heteroatoms. The molecule has 0 fully saturated rings. The summed E-state index contributed by atoms with van der Waals surface area (Å²) in [6.07, 6.45) is 0.767. The fourth-order valence-electron chi connectivity index (χ4n) is 2.87. The van der Waals surface area contributed by atoms with E-state index < -0.39 is 10.0 Å². The molecule has 0 aliphatic heterocycles. The molecule has 0 atom stereocenters. The molecule has 2 aromatic rings. The van der Waals surface area contributed by atoms with Crippen LogP contribution < -0.4 is 10.0 Å². The third-order valence-corrected chi connectivity index (χ3v) is 7.58. The van der Waals surface area contributed by atoms with Crippen LogP contribution in [0.2, 0.25) is 0 Å². The topological polar surface area (TPSA) is 101 Å². The highest BCUT2D eigenvalue weighted by molar-refractivity contribution is 7.89. The second-order valence-corrected chi connectivity index (χ2v) is 9.27. The Morgan fingerprint density at radius 2 is 1.52 bits per heavy atom. The zero-order valence-electron chi connectivity index (χ0n) is 16.6. The summed E-state index contributed by atoms with van der Waals surface area (Å²) >= 11 is 1.31. The minimum absolute atomic E-state index is 0.0124. The molecule has 27 heavy (non-hydrogen) atoms. The lowest BCUT2D eigenvalue weighted by Crippen LogP contribution is -2.29. The summed E-state index contributed by atoms with van der Waals surface area (Å²) in [6.45, 7) is 11.5. The van der Waals surface area contributed by atoms with E-state index in [2.05, 4.69) is 20.2 Å². The summed E-state index contributed by atoms with van der Waals surface area (Å²) in [7, 11) is -3.71. The van der Waals surface area contributed by atoms with Gasteiger partial charge in [-0.1, -0.05) is 18.3 Å². The summed E-state index contributed by atoms with van der Waals surface area (Å²) in [5.74, 6) is -0.304. The van der Waals surface area contributed by atoms with Gasteiger partial charge in [-0.25, -0.2) is 13.1 Å². The van der Waals surface area contributed by atoms with E-state index in [1.165, 1.54) is 11.3 Å². The number of nitrogens with one attached hydrogen (secondary N) is 2. The number of aryl methyl sites for hydroxylation is 1. The molecular weight excluding hydrogens is 384 g/mol. The SMILES string of the molecule is CCc1nnc(NC(=O)CCNS(=O)(=O)c2c(C)c(C)c(C)c(C)c2C)s1. The van der Waals surface area contributed by atoms with Crippen LogP contribution in [0, 0.1) is 34.6 Å². The highest BCUT2D eigenvalue weighted by atomic mass is 32.2. The van der Waals surface area contributed by atoms with E-state index in [9.17, 15) is 13.2 Å². The van der Waals surface area contributed by atoms with Crippen molar-refractivity contribution in [2.24, 2.45) is 0 Å². The van der Waals surface area contributed by atoms with E-state index in [-0.39, 0.29) is 18.9 Å². The molecule has 1 amide bonds. The molecule has 148 valence electrons. The van der Waals surface area contributed by atoms with Crippen molar-refractivity contribution >= 4 is 32.4 Å². The van der Waals surface area contributed by atoms with E-state index in [0.717, 1.165) is 39.2 Å². The number of aromatic nitrogens is 2. The van der Waals surface area contributed by atoms with Crippen LogP contribution in [0.1, 0.15) is 46.2 Å². The normalized spacial score (nSPS) is 11.6.